The fourth-order valence-corrected chi connectivity index (χ4v) is 2.97. The van der Waals surface area contributed by atoms with Crippen LogP contribution in [-0.2, 0) is 6.42 Å². The summed E-state index contributed by atoms with van der Waals surface area (Å²) >= 11 is 1.65. The number of rotatable bonds is 7. The fourth-order valence-electron chi connectivity index (χ4n) is 2.29. The first kappa shape index (κ1) is 16.6. The predicted octanol–water partition coefficient (Wildman–Crippen LogP) is 3.08. The fraction of sp³-hybridized carbons (Fsp3) is 0.438. The van der Waals surface area contributed by atoms with Gasteiger partial charge < -0.3 is 20.2 Å². The second-order valence-corrected chi connectivity index (χ2v) is 6.30. The molecule has 0 unspecified atom stereocenters. The molecule has 2 aromatic rings. The summed E-state index contributed by atoms with van der Waals surface area (Å²) in [5.41, 5.74) is 1.22. The number of furan rings is 1. The lowest BCUT2D eigenvalue weighted by atomic mass is 10.1. The molecule has 0 fully saturated rings. The summed E-state index contributed by atoms with van der Waals surface area (Å²) in [5.74, 6) is 0.514. The van der Waals surface area contributed by atoms with Crippen molar-refractivity contribution >= 4 is 17.4 Å². The van der Waals surface area contributed by atoms with Crippen molar-refractivity contribution in [3.8, 4) is 0 Å². The van der Waals surface area contributed by atoms with Crippen LogP contribution >= 0.6 is 11.3 Å². The summed E-state index contributed by atoms with van der Waals surface area (Å²) in [4.78, 5) is 11.9. The highest BCUT2D eigenvalue weighted by Gasteiger charge is 2.17. The molecule has 0 aliphatic heterocycles. The van der Waals surface area contributed by atoms with E-state index in [4.69, 9.17) is 4.42 Å². The zero-order valence-corrected chi connectivity index (χ0v) is 13.6. The third kappa shape index (κ3) is 5.20. The van der Waals surface area contributed by atoms with Gasteiger partial charge in [-0.15, -0.1) is 0 Å². The second-order valence-electron chi connectivity index (χ2n) is 5.52. The van der Waals surface area contributed by atoms with Crippen LogP contribution in [0.2, 0.25) is 0 Å². The molecule has 0 bridgehead atoms. The van der Waals surface area contributed by atoms with Crippen LogP contribution < -0.4 is 10.6 Å². The minimum Gasteiger partial charge on any atom is -0.467 e. The van der Waals surface area contributed by atoms with E-state index in [0.717, 1.165) is 6.42 Å². The number of aliphatic hydroxyl groups is 1. The van der Waals surface area contributed by atoms with Crippen LogP contribution in [0.1, 0.15) is 37.7 Å². The van der Waals surface area contributed by atoms with Gasteiger partial charge in [0.05, 0.1) is 6.26 Å². The van der Waals surface area contributed by atoms with E-state index in [0.29, 0.717) is 12.2 Å². The van der Waals surface area contributed by atoms with E-state index >= 15 is 0 Å². The Morgan fingerprint density at radius 1 is 1.32 bits per heavy atom. The number of urea groups is 1. The quantitative estimate of drug-likeness (QED) is 0.733. The van der Waals surface area contributed by atoms with Crippen LogP contribution in [0.25, 0.3) is 0 Å². The molecule has 0 aliphatic rings. The highest BCUT2D eigenvalue weighted by Crippen LogP contribution is 2.18. The molecule has 22 heavy (non-hydrogen) atoms. The molecule has 6 heteroatoms. The smallest absolute Gasteiger partial charge is 0.315 e. The van der Waals surface area contributed by atoms with Crippen LogP contribution in [0.15, 0.2) is 39.6 Å². The van der Waals surface area contributed by atoms with Crippen LogP contribution in [0.4, 0.5) is 4.79 Å². The highest BCUT2D eigenvalue weighted by molar-refractivity contribution is 7.07. The minimum atomic E-state index is -0.714. The number of nitrogens with one attached hydrogen (secondary N) is 2. The Kier molecular flexibility index (Phi) is 6.03. The second kappa shape index (κ2) is 8.00. The average molecular weight is 322 g/mol. The molecular formula is C16H22N2O3S. The van der Waals surface area contributed by atoms with Crippen molar-refractivity contribution < 1.29 is 14.3 Å². The van der Waals surface area contributed by atoms with E-state index in [-0.39, 0.29) is 18.1 Å². The summed E-state index contributed by atoms with van der Waals surface area (Å²) in [5, 5.41) is 19.8. The Morgan fingerprint density at radius 2 is 2.09 bits per heavy atom. The third-order valence-electron chi connectivity index (χ3n) is 3.33. The van der Waals surface area contributed by atoms with Gasteiger partial charge in [0.2, 0.25) is 0 Å². The molecule has 0 aliphatic carbocycles. The van der Waals surface area contributed by atoms with Gasteiger partial charge in [-0.25, -0.2) is 4.79 Å². The molecule has 2 aromatic heterocycles. The zero-order valence-electron chi connectivity index (χ0n) is 12.8. The van der Waals surface area contributed by atoms with Gasteiger partial charge in [0, 0.05) is 18.5 Å². The Balaban J connectivity index is 1.71. The van der Waals surface area contributed by atoms with Gasteiger partial charge in [0.25, 0.3) is 0 Å². The molecule has 120 valence electrons. The monoisotopic (exact) mass is 322 g/mol. The molecule has 0 radical (unpaired) electrons. The van der Waals surface area contributed by atoms with Gasteiger partial charge in [0.1, 0.15) is 11.9 Å². The largest absolute Gasteiger partial charge is 0.467 e. The Labute approximate surface area is 134 Å². The molecular weight excluding hydrogens is 300 g/mol. The van der Waals surface area contributed by atoms with Crippen molar-refractivity contribution in [1.82, 2.24) is 10.6 Å². The van der Waals surface area contributed by atoms with E-state index in [1.54, 1.807) is 23.5 Å². The SMILES string of the molecule is C[C@H](Cc1ccsc1)NC(=O)N[C@@H](C)C[C@H](O)c1ccco1. The van der Waals surface area contributed by atoms with Crippen molar-refractivity contribution in [3.63, 3.8) is 0 Å². The average Bonchev–Trinajstić information content (AvgIpc) is 3.10. The van der Waals surface area contributed by atoms with Crippen molar-refractivity contribution in [2.24, 2.45) is 0 Å². The molecule has 2 rings (SSSR count). The molecule has 5 nitrogen and oxygen atoms in total. The maximum absolute atomic E-state index is 11.9. The first-order valence-electron chi connectivity index (χ1n) is 7.34. The van der Waals surface area contributed by atoms with Crippen molar-refractivity contribution in [3.05, 3.63) is 46.5 Å². The van der Waals surface area contributed by atoms with Crippen LogP contribution in [0.3, 0.4) is 0 Å². The van der Waals surface area contributed by atoms with E-state index in [2.05, 4.69) is 22.1 Å². The van der Waals surface area contributed by atoms with Crippen LogP contribution in [0, 0.1) is 0 Å². The molecule has 3 N–H and O–H groups in total. The first-order valence-corrected chi connectivity index (χ1v) is 8.28. The summed E-state index contributed by atoms with van der Waals surface area (Å²) in [6.07, 6.45) is 2.02. The highest BCUT2D eigenvalue weighted by atomic mass is 32.1. The summed E-state index contributed by atoms with van der Waals surface area (Å²) in [7, 11) is 0. The van der Waals surface area contributed by atoms with Gasteiger partial charge in [0.15, 0.2) is 0 Å². The Hall–Kier alpha value is -1.79. The maximum Gasteiger partial charge on any atom is 0.315 e. The van der Waals surface area contributed by atoms with Crippen molar-refractivity contribution in [2.45, 2.75) is 44.9 Å². The molecule has 3 atom stereocenters. The number of aliphatic hydroxyl groups excluding tert-OH is 1. The lowest BCUT2D eigenvalue weighted by Crippen LogP contribution is -2.45. The summed E-state index contributed by atoms with van der Waals surface area (Å²) in [6, 6.07) is 5.19. The minimum absolute atomic E-state index is 0.0526. The van der Waals surface area contributed by atoms with Crippen LogP contribution in [0.5, 0.6) is 0 Å². The zero-order chi connectivity index (χ0) is 15.9. The van der Waals surface area contributed by atoms with Gasteiger partial charge in [-0.05, 0) is 54.8 Å². The third-order valence-corrected chi connectivity index (χ3v) is 4.06. The lowest BCUT2D eigenvalue weighted by molar-refractivity contribution is 0.129. The van der Waals surface area contributed by atoms with Gasteiger partial charge >= 0.3 is 6.03 Å². The maximum atomic E-state index is 11.9. The standard InChI is InChI=1S/C16H22N2O3S/c1-11(8-13-5-7-22-10-13)17-16(20)18-12(2)9-14(19)15-4-3-6-21-15/h3-7,10-12,14,19H,8-9H2,1-2H3,(H2,17,18,20)/t11-,12+,14+/m1/s1. The number of thiophene rings is 1. The molecule has 2 amide bonds. The summed E-state index contributed by atoms with van der Waals surface area (Å²) < 4.78 is 5.15. The van der Waals surface area contributed by atoms with Gasteiger partial charge in [-0.2, -0.15) is 11.3 Å². The number of hydrogen-bond donors (Lipinski definition) is 3. The summed E-state index contributed by atoms with van der Waals surface area (Å²) in [6.45, 7) is 3.83. The lowest BCUT2D eigenvalue weighted by Gasteiger charge is -2.19. The molecule has 0 saturated heterocycles. The van der Waals surface area contributed by atoms with Crippen LogP contribution in [-0.4, -0.2) is 23.2 Å². The van der Waals surface area contributed by atoms with Gasteiger partial charge in [-0.1, -0.05) is 0 Å². The Morgan fingerprint density at radius 3 is 2.73 bits per heavy atom. The molecule has 0 aromatic carbocycles. The van der Waals surface area contributed by atoms with Crippen molar-refractivity contribution in [2.75, 3.05) is 0 Å². The van der Waals surface area contributed by atoms with Crippen molar-refractivity contribution in [1.29, 1.82) is 0 Å². The number of carbonyl (C=O) groups excluding carboxylic acids is 1. The Bertz CT molecular complexity index is 554. The van der Waals surface area contributed by atoms with E-state index in [1.165, 1.54) is 11.8 Å². The number of hydrogen-bond acceptors (Lipinski definition) is 4. The normalized spacial score (nSPS) is 15.0. The van der Waals surface area contributed by atoms with Gasteiger partial charge in [-0.3, -0.25) is 0 Å². The predicted molar refractivity (Wildman–Crippen MR) is 86.9 cm³/mol. The van der Waals surface area contributed by atoms with E-state index in [1.807, 2.05) is 19.2 Å². The molecule has 2 heterocycles. The molecule has 0 spiro atoms. The van der Waals surface area contributed by atoms with E-state index < -0.39 is 6.10 Å². The number of amides is 2. The molecule has 0 saturated carbocycles. The first-order chi connectivity index (χ1) is 10.5. The van der Waals surface area contributed by atoms with E-state index in [9.17, 15) is 9.90 Å². The number of carbonyl (C=O) groups is 1. The topological polar surface area (TPSA) is 74.5 Å².